The zero-order chi connectivity index (χ0) is 16.7. The van der Waals surface area contributed by atoms with E-state index in [1.165, 1.54) is 20.5 Å². The van der Waals surface area contributed by atoms with Gasteiger partial charge in [-0.05, 0) is 6.07 Å². The lowest BCUT2D eigenvalue weighted by Crippen LogP contribution is -2.34. The summed E-state index contributed by atoms with van der Waals surface area (Å²) >= 11 is 1.87. The second-order valence-electron chi connectivity index (χ2n) is 5.34. The van der Waals surface area contributed by atoms with Crippen molar-refractivity contribution in [1.29, 1.82) is 0 Å². The number of benzene rings is 1. The maximum absolute atomic E-state index is 12.7. The number of fused-ring (bicyclic) bond motifs is 2. The Morgan fingerprint density at radius 1 is 1.17 bits per heavy atom. The number of anilines is 1. The zero-order valence-electron chi connectivity index (χ0n) is 13.3. The summed E-state index contributed by atoms with van der Waals surface area (Å²) in [6.07, 6.45) is 1.52. The average molecular weight is 348 g/mol. The van der Waals surface area contributed by atoms with Crippen LogP contribution in [-0.2, 0) is 0 Å². The quantitative estimate of drug-likeness (QED) is 0.714. The summed E-state index contributed by atoms with van der Waals surface area (Å²) < 4.78 is 22.4. The molecule has 1 saturated heterocycles. The number of methoxy groups -OCH3 is 2. The Hall–Kier alpha value is -2.35. The van der Waals surface area contributed by atoms with Crippen LogP contribution < -0.4 is 19.9 Å². The number of furan rings is 1. The van der Waals surface area contributed by atoms with Gasteiger partial charge in [0.2, 0.25) is 5.75 Å². The molecule has 0 atom stereocenters. The molecule has 8 heteroatoms. The van der Waals surface area contributed by atoms with Crippen LogP contribution in [0.5, 0.6) is 11.5 Å². The van der Waals surface area contributed by atoms with Crippen LogP contribution in [0.25, 0.3) is 21.9 Å². The van der Waals surface area contributed by atoms with E-state index in [0.717, 1.165) is 24.6 Å². The minimum absolute atomic E-state index is 0.262. The summed E-state index contributed by atoms with van der Waals surface area (Å²) in [5.74, 6) is 2.71. The molecule has 3 heterocycles. The van der Waals surface area contributed by atoms with Crippen LogP contribution in [0, 0.1) is 0 Å². The minimum atomic E-state index is -0.400. The highest BCUT2D eigenvalue weighted by Gasteiger charge is 2.25. The number of hydrogen-bond donors (Lipinski definition) is 0. The van der Waals surface area contributed by atoms with Crippen molar-refractivity contribution in [1.82, 2.24) is 4.98 Å². The summed E-state index contributed by atoms with van der Waals surface area (Å²) in [4.78, 5) is 18.8. The molecule has 126 valence electrons. The molecule has 0 spiro atoms. The van der Waals surface area contributed by atoms with Crippen LogP contribution in [0.15, 0.2) is 26.0 Å². The first-order chi connectivity index (χ1) is 11.7. The summed E-state index contributed by atoms with van der Waals surface area (Å²) in [5, 5.41) is 0.913. The van der Waals surface area contributed by atoms with E-state index in [4.69, 9.17) is 18.3 Å². The lowest BCUT2D eigenvalue weighted by molar-refractivity contribution is 0.399. The molecule has 0 amide bonds. The molecule has 1 aromatic carbocycles. The van der Waals surface area contributed by atoms with Crippen molar-refractivity contribution in [3.63, 3.8) is 0 Å². The summed E-state index contributed by atoms with van der Waals surface area (Å²) in [7, 11) is 3.02. The normalized spacial score (nSPS) is 15.2. The minimum Gasteiger partial charge on any atom is -0.495 e. The van der Waals surface area contributed by atoms with Gasteiger partial charge in [0, 0.05) is 24.6 Å². The molecule has 0 radical (unpaired) electrons. The van der Waals surface area contributed by atoms with Gasteiger partial charge in [-0.25, -0.2) is 0 Å². The van der Waals surface area contributed by atoms with E-state index in [9.17, 15) is 4.79 Å². The van der Waals surface area contributed by atoms with Crippen molar-refractivity contribution in [3.8, 4) is 11.5 Å². The maximum atomic E-state index is 12.7. The first kappa shape index (κ1) is 15.2. The molecule has 24 heavy (non-hydrogen) atoms. The topological polar surface area (TPSA) is 77.9 Å². The molecule has 3 aromatic rings. The Kier molecular flexibility index (Phi) is 3.76. The molecule has 0 saturated carbocycles. The van der Waals surface area contributed by atoms with Crippen molar-refractivity contribution in [3.05, 3.63) is 22.7 Å². The fourth-order valence-corrected chi connectivity index (χ4v) is 3.86. The van der Waals surface area contributed by atoms with E-state index in [2.05, 4.69) is 4.98 Å². The predicted molar refractivity (Wildman–Crippen MR) is 92.7 cm³/mol. The molecule has 0 unspecified atom stereocenters. The monoisotopic (exact) mass is 348 g/mol. The van der Waals surface area contributed by atoms with Crippen LogP contribution in [0.1, 0.15) is 0 Å². The van der Waals surface area contributed by atoms with Crippen LogP contribution in [0.2, 0.25) is 0 Å². The smallest absolute Gasteiger partial charge is 0.301 e. The van der Waals surface area contributed by atoms with Crippen LogP contribution in [-0.4, -0.2) is 43.8 Å². The Bertz CT molecular complexity index is 958. The van der Waals surface area contributed by atoms with Gasteiger partial charge in [0.05, 0.1) is 25.9 Å². The molecular weight excluding hydrogens is 332 g/mol. The Morgan fingerprint density at radius 2 is 1.92 bits per heavy atom. The lowest BCUT2D eigenvalue weighted by Gasteiger charge is -2.25. The van der Waals surface area contributed by atoms with E-state index in [1.54, 1.807) is 6.07 Å². The Morgan fingerprint density at radius 3 is 2.62 bits per heavy atom. The van der Waals surface area contributed by atoms with E-state index in [1.807, 2.05) is 16.7 Å². The third-order valence-corrected chi connectivity index (χ3v) is 5.01. The SMILES string of the molecule is COc1c2occc2c(OC)c2c(=O)nc(N3CCSCC3)oc12. The second-order valence-corrected chi connectivity index (χ2v) is 6.56. The largest absolute Gasteiger partial charge is 0.495 e. The van der Waals surface area contributed by atoms with Crippen molar-refractivity contribution < 1.29 is 18.3 Å². The van der Waals surface area contributed by atoms with Gasteiger partial charge in [-0.15, -0.1) is 0 Å². The van der Waals surface area contributed by atoms with Gasteiger partial charge in [0.15, 0.2) is 11.2 Å². The van der Waals surface area contributed by atoms with E-state index in [-0.39, 0.29) is 5.39 Å². The molecule has 0 N–H and O–H groups in total. The lowest BCUT2D eigenvalue weighted by atomic mass is 10.1. The van der Waals surface area contributed by atoms with E-state index >= 15 is 0 Å². The molecule has 1 aliphatic heterocycles. The maximum Gasteiger partial charge on any atom is 0.301 e. The number of rotatable bonds is 3. The van der Waals surface area contributed by atoms with E-state index < -0.39 is 5.56 Å². The molecule has 1 aliphatic rings. The van der Waals surface area contributed by atoms with Gasteiger partial charge >= 0.3 is 6.01 Å². The Balaban J connectivity index is 2.05. The van der Waals surface area contributed by atoms with Gasteiger partial charge in [-0.3, -0.25) is 4.79 Å². The van der Waals surface area contributed by atoms with Crippen molar-refractivity contribution >= 4 is 39.7 Å². The van der Waals surface area contributed by atoms with Crippen molar-refractivity contribution in [2.45, 2.75) is 0 Å². The second kappa shape index (κ2) is 5.94. The first-order valence-corrected chi connectivity index (χ1v) is 8.68. The number of ether oxygens (including phenoxy) is 2. The molecule has 4 rings (SSSR count). The molecule has 0 bridgehead atoms. The highest BCUT2D eigenvalue weighted by Crippen LogP contribution is 2.42. The number of hydrogen-bond acceptors (Lipinski definition) is 8. The van der Waals surface area contributed by atoms with Gasteiger partial charge in [-0.1, -0.05) is 0 Å². The van der Waals surface area contributed by atoms with Gasteiger partial charge < -0.3 is 23.2 Å². The third kappa shape index (κ3) is 2.21. The summed E-state index contributed by atoms with van der Waals surface area (Å²) in [5.41, 5.74) is 0.379. The zero-order valence-corrected chi connectivity index (χ0v) is 14.1. The molecule has 0 aliphatic carbocycles. The van der Waals surface area contributed by atoms with Crippen LogP contribution in [0.3, 0.4) is 0 Å². The first-order valence-electron chi connectivity index (χ1n) is 7.53. The summed E-state index contributed by atoms with van der Waals surface area (Å²) in [6, 6.07) is 2.03. The molecule has 7 nitrogen and oxygen atoms in total. The molecule has 2 aromatic heterocycles. The Labute approximate surface area is 141 Å². The number of nitrogens with zero attached hydrogens (tertiary/aromatic N) is 2. The van der Waals surface area contributed by atoms with Crippen molar-refractivity contribution in [2.75, 3.05) is 43.7 Å². The number of aromatic nitrogens is 1. The van der Waals surface area contributed by atoms with Gasteiger partial charge in [-0.2, -0.15) is 16.7 Å². The number of thioether (sulfide) groups is 1. The molecule has 1 fully saturated rings. The van der Waals surface area contributed by atoms with Gasteiger partial charge in [0.25, 0.3) is 5.56 Å². The highest BCUT2D eigenvalue weighted by molar-refractivity contribution is 7.99. The van der Waals surface area contributed by atoms with Crippen LogP contribution in [0.4, 0.5) is 6.01 Å². The average Bonchev–Trinajstić information content (AvgIpc) is 3.09. The standard InChI is InChI=1S/C16H16N2O5S/c1-20-11-9-3-6-22-12(9)14(21-2)13-10(11)15(19)17-16(23-13)18-4-7-24-8-5-18/h3,6H,4-5,7-8H2,1-2H3. The summed E-state index contributed by atoms with van der Waals surface area (Å²) in [6.45, 7) is 1.57. The van der Waals surface area contributed by atoms with Crippen molar-refractivity contribution in [2.24, 2.45) is 0 Å². The van der Waals surface area contributed by atoms with E-state index in [0.29, 0.717) is 34.1 Å². The third-order valence-electron chi connectivity index (χ3n) is 4.07. The van der Waals surface area contributed by atoms with Crippen LogP contribution >= 0.6 is 11.8 Å². The predicted octanol–water partition coefficient (Wildman–Crippen LogP) is 2.50. The molecular formula is C16H16N2O5S. The van der Waals surface area contributed by atoms with Gasteiger partial charge in [0.1, 0.15) is 11.1 Å². The fraction of sp³-hybridized carbons (Fsp3) is 0.375. The fourth-order valence-electron chi connectivity index (χ4n) is 2.95. The highest BCUT2D eigenvalue weighted by atomic mass is 32.2.